The Hall–Kier alpha value is -1.47. The molecule has 1 aromatic rings. The largest absolute Gasteiger partial charge is 0.493 e. The summed E-state index contributed by atoms with van der Waals surface area (Å²) in [7, 11) is 3.32. The molecule has 20 heavy (non-hydrogen) atoms. The van der Waals surface area contributed by atoms with Crippen molar-refractivity contribution in [2.75, 3.05) is 34.0 Å². The molecule has 0 bridgehead atoms. The van der Waals surface area contributed by atoms with Crippen LogP contribution in [0.1, 0.15) is 5.56 Å². The molecule has 0 saturated heterocycles. The summed E-state index contributed by atoms with van der Waals surface area (Å²) in [5.41, 5.74) is 0.986. The molecule has 0 aliphatic heterocycles. The van der Waals surface area contributed by atoms with Crippen LogP contribution in [0, 0.1) is 0 Å². The molecular formula is C13H18F3NO3. The second-order valence-corrected chi connectivity index (χ2v) is 4.03. The van der Waals surface area contributed by atoms with Crippen molar-refractivity contribution in [3.05, 3.63) is 23.8 Å². The zero-order valence-corrected chi connectivity index (χ0v) is 11.4. The second-order valence-electron chi connectivity index (χ2n) is 4.03. The van der Waals surface area contributed by atoms with E-state index in [4.69, 9.17) is 9.47 Å². The van der Waals surface area contributed by atoms with Crippen LogP contribution in [-0.2, 0) is 11.3 Å². The highest BCUT2D eigenvalue weighted by molar-refractivity contribution is 5.42. The molecule has 1 rings (SSSR count). The van der Waals surface area contributed by atoms with Gasteiger partial charge in [-0.3, -0.25) is 0 Å². The van der Waals surface area contributed by atoms with Crippen molar-refractivity contribution in [1.82, 2.24) is 5.32 Å². The molecule has 0 radical (unpaired) electrons. The molecule has 4 nitrogen and oxygen atoms in total. The maximum Gasteiger partial charge on any atom is 0.411 e. The molecule has 114 valence electrons. The Bertz CT molecular complexity index is 410. The lowest BCUT2D eigenvalue weighted by molar-refractivity contribution is -0.175. The van der Waals surface area contributed by atoms with Crippen molar-refractivity contribution in [1.29, 1.82) is 0 Å². The maximum absolute atomic E-state index is 11.9. The van der Waals surface area contributed by atoms with Gasteiger partial charge in [0.05, 0.1) is 13.7 Å². The topological polar surface area (TPSA) is 39.7 Å². The number of hydrogen-bond acceptors (Lipinski definition) is 4. The molecule has 0 aromatic heterocycles. The fourth-order valence-corrected chi connectivity index (χ4v) is 1.55. The van der Waals surface area contributed by atoms with Crippen LogP contribution in [0.25, 0.3) is 0 Å². The smallest absolute Gasteiger partial charge is 0.411 e. The van der Waals surface area contributed by atoms with Gasteiger partial charge in [0.15, 0.2) is 11.5 Å². The third-order valence-corrected chi connectivity index (χ3v) is 2.36. The van der Waals surface area contributed by atoms with Gasteiger partial charge in [-0.1, -0.05) is 6.07 Å². The second kappa shape index (κ2) is 7.96. The minimum atomic E-state index is -4.32. The van der Waals surface area contributed by atoms with E-state index in [1.165, 1.54) is 7.11 Å². The molecule has 0 atom stereocenters. The van der Waals surface area contributed by atoms with Crippen LogP contribution in [0.2, 0.25) is 0 Å². The molecule has 0 heterocycles. The first-order chi connectivity index (χ1) is 9.46. The van der Waals surface area contributed by atoms with Crippen LogP contribution in [0.4, 0.5) is 13.2 Å². The summed E-state index contributed by atoms with van der Waals surface area (Å²) in [6.45, 7) is -0.730. The van der Waals surface area contributed by atoms with Crippen molar-refractivity contribution in [2.45, 2.75) is 12.7 Å². The van der Waals surface area contributed by atoms with Crippen LogP contribution >= 0.6 is 0 Å². The molecule has 0 spiro atoms. The van der Waals surface area contributed by atoms with E-state index in [1.54, 1.807) is 12.1 Å². The molecular weight excluding hydrogens is 275 g/mol. The summed E-state index contributed by atoms with van der Waals surface area (Å²) in [4.78, 5) is 0. The number of ether oxygens (including phenoxy) is 3. The highest BCUT2D eigenvalue weighted by Crippen LogP contribution is 2.28. The van der Waals surface area contributed by atoms with Crippen LogP contribution in [0.15, 0.2) is 18.2 Å². The molecule has 0 aliphatic rings. The molecule has 0 fully saturated rings. The van der Waals surface area contributed by atoms with Gasteiger partial charge in [-0.2, -0.15) is 13.2 Å². The number of methoxy groups -OCH3 is 1. The number of benzene rings is 1. The van der Waals surface area contributed by atoms with Crippen molar-refractivity contribution < 1.29 is 27.4 Å². The zero-order chi connectivity index (χ0) is 15.0. The van der Waals surface area contributed by atoms with Crippen molar-refractivity contribution in [3.8, 4) is 11.5 Å². The van der Waals surface area contributed by atoms with E-state index >= 15 is 0 Å². The molecule has 0 saturated carbocycles. The summed E-state index contributed by atoms with van der Waals surface area (Å²) < 4.78 is 50.6. The molecule has 0 aliphatic carbocycles. The van der Waals surface area contributed by atoms with Gasteiger partial charge in [0, 0.05) is 6.54 Å². The Balaban J connectivity index is 2.47. The summed E-state index contributed by atoms with van der Waals surface area (Å²) >= 11 is 0. The van der Waals surface area contributed by atoms with Gasteiger partial charge in [-0.05, 0) is 24.7 Å². The first-order valence-corrected chi connectivity index (χ1v) is 6.05. The van der Waals surface area contributed by atoms with E-state index in [0.29, 0.717) is 18.0 Å². The summed E-state index contributed by atoms with van der Waals surface area (Å²) in [6.07, 6.45) is -4.32. The number of halogens is 3. The Morgan fingerprint density at radius 1 is 1.15 bits per heavy atom. The average Bonchev–Trinajstić information content (AvgIpc) is 2.38. The molecule has 0 unspecified atom stereocenters. The summed E-state index contributed by atoms with van der Waals surface area (Å²) in [5.74, 6) is 1.01. The van der Waals surface area contributed by atoms with Gasteiger partial charge in [-0.15, -0.1) is 0 Å². The van der Waals surface area contributed by atoms with E-state index in [0.717, 1.165) is 5.56 Å². The van der Waals surface area contributed by atoms with Gasteiger partial charge >= 0.3 is 6.18 Å². The first-order valence-electron chi connectivity index (χ1n) is 6.05. The average molecular weight is 293 g/mol. The predicted molar refractivity (Wildman–Crippen MR) is 68.1 cm³/mol. The van der Waals surface area contributed by atoms with Crippen LogP contribution < -0.4 is 14.8 Å². The monoisotopic (exact) mass is 293 g/mol. The van der Waals surface area contributed by atoms with E-state index < -0.39 is 12.8 Å². The lowest BCUT2D eigenvalue weighted by Crippen LogP contribution is -2.19. The molecule has 0 amide bonds. The first kappa shape index (κ1) is 16.6. The van der Waals surface area contributed by atoms with Crippen LogP contribution in [0.3, 0.4) is 0 Å². The van der Waals surface area contributed by atoms with E-state index in [9.17, 15) is 13.2 Å². The Morgan fingerprint density at radius 2 is 1.90 bits per heavy atom. The maximum atomic E-state index is 11.9. The van der Waals surface area contributed by atoms with E-state index in [1.807, 2.05) is 13.1 Å². The lowest BCUT2D eigenvalue weighted by atomic mass is 10.2. The molecule has 1 aromatic carbocycles. The van der Waals surface area contributed by atoms with Gasteiger partial charge in [0.25, 0.3) is 0 Å². The van der Waals surface area contributed by atoms with Gasteiger partial charge in [0.1, 0.15) is 13.2 Å². The van der Waals surface area contributed by atoms with Crippen LogP contribution in [-0.4, -0.2) is 40.2 Å². The summed E-state index contributed by atoms with van der Waals surface area (Å²) in [5, 5.41) is 3.00. The normalized spacial score (nSPS) is 11.4. The fourth-order valence-electron chi connectivity index (χ4n) is 1.55. The fraction of sp³-hybridized carbons (Fsp3) is 0.538. The minimum absolute atomic E-state index is 0.0233. The Morgan fingerprint density at radius 3 is 2.50 bits per heavy atom. The Kier molecular flexibility index (Phi) is 6.60. The SMILES string of the molecule is CNCc1ccc(OC)c(OCCOCC(F)(F)F)c1. The van der Waals surface area contributed by atoms with Crippen molar-refractivity contribution in [2.24, 2.45) is 0 Å². The highest BCUT2D eigenvalue weighted by Gasteiger charge is 2.27. The van der Waals surface area contributed by atoms with E-state index in [2.05, 4.69) is 10.1 Å². The van der Waals surface area contributed by atoms with Crippen molar-refractivity contribution >= 4 is 0 Å². The molecule has 1 N–H and O–H groups in total. The van der Waals surface area contributed by atoms with E-state index in [-0.39, 0.29) is 13.2 Å². The lowest BCUT2D eigenvalue weighted by Gasteiger charge is -2.13. The third-order valence-electron chi connectivity index (χ3n) is 2.36. The Labute approximate surface area is 115 Å². The number of nitrogens with one attached hydrogen (secondary N) is 1. The number of alkyl halides is 3. The highest BCUT2D eigenvalue weighted by atomic mass is 19.4. The quantitative estimate of drug-likeness (QED) is 0.747. The molecule has 7 heteroatoms. The van der Waals surface area contributed by atoms with Crippen LogP contribution in [0.5, 0.6) is 11.5 Å². The number of hydrogen-bond donors (Lipinski definition) is 1. The third kappa shape index (κ3) is 6.12. The van der Waals surface area contributed by atoms with Gasteiger partial charge in [-0.25, -0.2) is 0 Å². The number of rotatable bonds is 8. The zero-order valence-electron chi connectivity index (χ0n) is 11.4. The summed E-state index contributed by atoms with van der Waals surface area (Å²) in [6, 6.07) is 5.40. The standard InChI is InChI=1S/C13H18F3NO3/c1-17-8-10-3-4-11(18-2)12(7-10)20-6-5-19-9-13(14,15)16/h3-4,7,17H,5-6,8-9H2,1-2H3. The van der Waals surface area contributed by atoms with Gasteiger partial charge < -0.3 is 19.5 Å². The predicted octanol–water partition coefficient (Wildman–Crippen LogP) is 2.37. The van der Waals surface area contributed by atoms with Gasteiger partial charge in [0.2, 0.25) is 0 Å². The van der Waals surface area contributed by atoms with Crippen molar-refractivity contribution in [3.63, 3.8) is 0 Å². The minimum Gasteiger partial charge on any atom is -0.493 e.